The minimum absolute atomic E-state index is 0.649. The van der Waals surface area contributed by atoms with Crippen molar-refractivity contribution in [1.29, 1.82) is 0 Å². The van der Waals surface area contributed by atoms with Gasteiger partial charge in [-0.2, -0.15) is 13.2 Å². The zero-order valence-corrected chi connectivity index (χ0v) is 4.58. The number of hydrogen-bond donors (Lipinski definition) is 1. The van der Waals surface area contributed by atoms with Crippen molar-refractivity contribution in [2.75, 3.05) is 6.67 Å². The van der Waals surface area contributed by atoms with Gasteiger partial charge >= 0.3 is 6.18 Å². The quantitative estimate of drug-likeness (QED) is 0.581. The Morgan fingerprint density at radius 2 is 1.78 bits per heavy atom. The number of rotatable bonds is 2. The Kier molecular flexibility index (Phi) is 2.90. The molecule has 0 fully saturated rings. The maximum absolute atomic E-state index is 11.3. The molecular weight excluding hydrogens is 138 g/mol. The van der Waals surface area contributed by atoms with Gasteiger partial charge in [0, 0.05) is 0 Å². The van der Waals surface area contributed by atoms with Gasteiger partial charge in [0.1, 0.15) is 6.04 Å². The molecule has 0 bridgehead atoms. The second kappa shape index (κ2) is 3.00. The molecule has 5 heteroatoms. The van der Waals surface area contributed by atoms with Crippen LogP contribution in [0.25, 0.3) is 0 Å². The Hall–Kier alpha value is -0.320. The fourth-order valence-electron chi connectivity index (χ4n) is 0.281. The summed E-state index contributed by atoms with van der Waals surface area (Å²) < 4.78 is 45.2. The molecule has 1 nitrogen and oxygen atoms in total. The van der Waals surface area contributed by atoms with Crippen molar-refractivity contribution in [3.63, 3.8) is 0 Å². The van der Waals surface area contributed by atoms with Crippen molar-refractivity contribution in [2.24, 2.45) is 5.73 Å². The third kappa shape index (κ3) is 3.29. The van der Waals surface area contributed by atoms with Gasteiger partial charge < -0.3 is 5.73 Å². The second-order valence-electron chi connectivity index (χ2n) is 1.63. The van der Waals surface area contributed by atoms with Crippen molar-refractivity contribution >= 4 is 0 Å². The summed E-state index contributed by atoms with van der Waals surface area (Å²) in [7, 11) is 0. The summed E-state index contributed by atoms with van der Waals surface area (Å²) in [6, 6.07) is -2.01. The van der Waals surface area contributed by atoms with Crippen LogP contribution >= 0.6 is 0 Å². The monoisotopic (exact) mass is 145 g/mol. The van der Waals surface area contributed by atoms with Gasteiger partial charge in [-0.3, -0.25) is 4.39 Å². The molecule has 0 aliphatic rings. The smallest absolute Gasteiger partial charge is 0.320 e. The summed E-state index contributed by atoms with van der Waals surface area (Å²) >= 11 is 0. The van der Waals surface area contributed by atoms with Crippen LogP contribution in [0.2, 0.25) is 0 Å². The third-order valence-electron chi connectivity index (χ3n) is 0.841. The molecule has 0 spiro atoms. The van der Waals surface area contributed by atoms with Crippen LogP contribution in [-0.2, 0) is 0 Å². The van der Waals surface area contributed by atoms with E-state index in [1.165, 1.54) is 0 Å². The molecule has 1 atom stereocenters. The molecule has 0 saturated heterocycles. The lowest BCUT2D eigenvalue weighted by Crippen LogP contribution is -2.37. The van der Waals surface area contributed by atoms with Gasteiger partial charge in [0.2, 0.25) is 0 Å². The van der Waals surface area contributed by atoms with Crippen LogP contribution in [-0.4, -0.2) is 18.9 Å². The van der Waals surface area contributed by atoms with Crippen molar-refractivity contribution in [2.45, 2.75) is 18.6 Å². The summed E-state index contributed by atoms with van der Waals surface area (Å²) in [4.78, 5) is 0. The van der Waals surface area contributed by atoms with Gasteiger partial charge in [-0.1, -0.05) is 0 Å². The Bertz CT molecular complexity index is 79.1. The molecule has 0 amide bonds. The van der Waals surface area contributed by atoms with E-state index in [-0.39, 0.29) is 0 Å². The maximum atomic E-state index is 11.3. The Balaban J connectivity index is 3.59. The van der Waals surface area contributed by atoms with Crippen molar-refractivity contribution < 1.29 is 17.6 Å². The largest absolute Gasteiger partial charge is 0.403 e. The first-order chi connectivity index (χ1) is 3.98. The van der Waals surface area contributed by atoms with E-state index in [2.05, 4.69) is 5.73 Å². The fraction of sp³-hybridized carbons (Fsp3) is 1.00. The van der Waals surface area contributed by atoms with Gasteiger partial charge in [-0.15, -0.1) is 0 Å². The SMILES string of the molecule is N[C@H](CCF)C(F)(F)F. The Morgan fingerprint density at radius 3 is 1.89 bits per heavy atom. The average molecular weight is 145 g/mol. The van der Waals surface area contributed by atoms with E-state index in [0.717, 1.165) is 0 Å². The van der Waals surface area contributed by atoms with Crippen molar-refractivity contribution in [1.82, 2.24) is 0 Å². The van der Waals surface area contributed by atoms with E-state index in [0.29, 0.717) is 0 Å². The highest BCUT2D eigenvalue weighted by Gasteiger charge is 2.35. The van der Waals surface area contributed by atoms with Gasteiger partial charge in [0.15, 0.2) is 0 Å². The molecule has 9 heavy (non-hydrogen) atoms. The van der Waals surface area contributed by atoms with E-state index < -0.39 is 25.3 Å². The zero-order chi connectivity index (χ0) is 7.49. The average Bonchev–Trinajstić information content (AvgIpc) is 1.64. The van der Waals surface area contributed by atoms with Crippen molar-refractivity contribution in [3.05, 3.63) is 0 Å². The minimum Gasteiger partial charge on any atom is -0.320 e. The van der Waals surface area contributed by atoms with E-state index in [9.17, 15) is 17.6 Å². The van der Waals surface area contributed by atoms with Gasteiger partial charge in [-0.25, -0.2) is 0 Å². The molecule has 0 aliphatic carbocycles. The van der Waals surface area contributed by atoms with Gasteiger partial charge in [0.05, 0.1) is 6.67 Å². The molecule has 0 aromatic rings. The molecule has 0 radical (unpaired) electrons. The van der Waals surface area contributed by atoms with Crippen LogP contribution < -0.4 is 5.73 Å². The summed E-state index contributed by atoms with van der Waals surface area (Å²) in [6.07, 6.45) is -5.10. The van der Waals surface area contributed by atoms with Crippen LogP contribution in [0.1, 0.15) is 6.42 Å². The summed E-state index contributed by atoms with van der Waals surface area (Å²) in [5, 5.41) is 0. The first-order valence-electron chi connectivity index (χ1n) is 2.36. The maximum Gasteiger partial charge on any atom is 0.403 e. The predicted octanol–water partition coefficient (Wildman–Crippen LogP) is 1.24. The molecule has 2 N–H and O–H groups in total. The van der Waals surface area contributed by atoms with Gasteiger partial charge in [-0.05, 0) is 6.42 Å². The van der Waals surface area contributed by atoms with E-state index in [1.54, 1.807) is 0 Å². The molecular formula is C4H7F4N. The lowest BCUT2D eigenvalue weighted by molar-refractivity contribution is -0.149. The highest BCUT2D eigenvalue weighted by Crippen LogP contribution is 2.20. The van der Waals surface area contributed by atoms with E-state index in [1.807, 2.05) is 0 Å². The lowest BCUT2D eigenvalue weighted by Gasteiger charge is -2.12. The predicted molar refractivity (Wildman–Crippen MR) is 24.6 cm³/mol. The number of alkyl halides is 4. The normalized spacial score (nSPS) is 15.7. The number of nitrogens with two attached hydrogens (primary N) is 1. The van der Waals surface area contributed by atoms with Gasteiger partial charge in [0.25, 0.3) is 0 Å². The summed E-state index contributed by atoms with van der Waals surface area (Å²) in [5.74, 6) is 0. The first-order valence-corrected chi connectivity index (χ1v) is 2.36. The standard InChI is InChI=1S/C4H7F4N/c5-2-1-3(9)4(6,7)8/h3H,1-2,9H2/t3-/m1/s1. The Labute approximate surface area is 49.8 Å². The molecule has 0 aromatic heterocycles. The zero-order valence-electron chi connectivity index (χ0n) is 4.58. The van der Waals surface area contributed by atoms with Crippen LogP contribution in [0.4, 0.5) is 17.6 Å². The molecule has 0 rings (SSSR count). The summed E-state index contributed by atoms with van der Waals surface area (Å²) in [5.41, 5.74) is 4.50. The van der Waals surface area contributed by atoms with Crippen LogP contribution in [0.3, 0.4) is 0 Å². The minimum atomic E-state index is -4.45. The molecule has 0 aliphatic heterocycles. The number of hydrogen-bond acceptors (Lipinski definition) is 1. The lowest BCUT2D eigenvalue weighted by atomic mass is 10.2. The van der Waals surface area contributed by atoms with Crippen LogP contribution in [0.5, 0.6) is 0 Å². The molecule has 0 aromatic carbocycles. The molecule has 0 heterocycles. The van der Waals surface area contributed by atoms with Crippen LogP contribution in [0.15, 0.2) is 0 Å². The highest BCUT2D eigenvalue weighted by atomic mass is 19.4. The first kappa shape index (κ1) is 8.68. The van der Waals surface area contributed by atoms with E-state index in [4.69, 9.17) is 0 Å². The Morgan fingerprint density at radius 1 is 1.33 bits per heavy atom. The summed E-state index contributed by atoms with van der Waals surface area (Å²) in [6.45, 7) is -1.03. The van der Waals surface area contributed by atoms with Crippen molar-refractivity contribution in [3.8, 4) is 0 Å². The van der Waals surface area contributed by atoms with Crippen LogP contribution in [0, 0.1) is 0 Å². The highest BCUT2D eigenvalue weighted by molar-refractivity contribution is 4.68. The topological polar surface area (TPSA) is 26.0 Å². The molecule has 0 unspecified atom stereocenters. The second-order valence-corrected chi connectivity index (χ2v) is 1.63. The third-order valence-corrected chi connectivity index (χ3v) is 0.841. The molecule has 56 valence electrons. The van der Waals surface area contributed by atoms with E-state index >= 15 is 0 Å². The molecule has 0 saturated carbocycles. The fourth-order valence-corrected chi connectivity index (χ4v) is 0.281. The number of halogens is 4.